The van der Waals surface area contributed by atoms with Gasteiger partial charge in [0.05, 0.1) is 19.0 Å². The molecule has 0 radical (unpaired) electrons. The number of aromatic nitrogens is 2. The predicted molar refractivity (Wildman–Crippen MR) is 121 cm³/mol. The van der Waals surface area contributed by atoms with Crippen molar-refractivity contribution in [2.24, 2.45) is 11.8 Å². The lowest BCUT2D eigenvalue weighted by Gasteiger charge is -2.28. The fourth-order valence-electron chi connectivity index (χ4n) is 4.49. The van der Waals surface area contributed by atoms with Crippen LogP contribution in [-0.2, 0) is 6.42 Å². The number of nitrogens with zero attached hydrogens (tertiary/aromatic N) is 2. The zero-order valence-electron chi connectivity index (χ0n) is 18.4. The molecule has 0 saturated heterocycles. The zero-order chi connectivity index (χ0) is 20.3. The summed E-state index contributed by atoms with van der Waals surface area (Å²) in [4.78, 5) is 8.97. The van der Waals surface area contributed by atoms with Gasteiger partial charge in [0.2, 0.25) is 0 Å². The van der Waals surface area contributed by atoms with Gasteiger partial charge in [-0.25, -0.2) is 9.97 Å². The number of unbranched alkanes of at least 4 members (excludes halogenated alkanes) is 2. The van der Waals surface area contributed by atoms with Gasteiger partial charge in [-0.3, -0.25) is 0 Å². The van der Waals surface area contributed by atoms with Gasteiger partial charge in [-0.1, -0.05) is 89.5 Å². The number of ether oxygens (including phenoxy) is 1. The molecule has 1 aromatic carbocycles. The Morgan fingerprint density at radius 2 is 1.48 bits per heavy atom. The van der Waals surface area contributed by atoms with E-state index in [2.05, 4.69) is 48.1 Å². The normalized spacial score (nSPS) is 19.2. The molecular weight excluding hydrogens is 356 g/mol. The molecule has 3 nitrogen and oxygen atoms in total. The van der Waals surface area contributed by atoms with E-state index in [1.54, 1.807) is 12.4 Å². The smallest absolute Gasteiger partial charge is 0.159 e. The largest absolute Gasteiger partial charge is 0.490 e. The average molecular weight is 395 g/mol. The van der Waals surface area contributed by atoms with Crippen molar-refractivity contribution in [3.8, 4) is 17.1 Å². The van der Waals surface area contributed by atoms with Gasteiger partial charge in [0, 0.05) is 5.56 Å². The maximum absolute atomic E-state index is 5.70. The summed E-state index contributed by atoms with van der Waals surface area (Å²) in [6.45, 7) is 5.25. The lowest BCUT2D eigenvalue weighted by molar-refractivity contribution is 0.252. The molecule has 29 heavy (non-hydrogen) atoms. The van der Waals surface area contributed by atoms with Crippen LogP contribution in [-0.4, -0.2) is 16.6 Å². The van der Waals surface area contributed by atoms with Crippen molar-refractivity contribution in [1.29, 1.82) is 0 Å². The molecule has 0 N–H and O–H groups in total. The second kappa shape index (κ2) is 11.9. The van der Waals surface area contributed by atoms with E-state index in [1.165, 1.54) is 69.8 Å². The first-order valence-electron chi connectivity index (χ1n) is 11.8. The van der Waals surface area contributed by atoms with Gasteiger partial charge in [0.1, 0.15) is 0 Å². The Labute approximate surface area is 177 Å². The zero-order valence-corrected chi connectivity index (χ0v) is 18.4. The average Bonchev–Trinajstić information content (AvgIpc) is 2.77. The fraction of sp³-hybridized carbons (Fsp3) is 0.615. The first-order valence-corrected chi connectivity index (χ1v) is 11.8. The van der Waals surface area contributed by atoms with Gasteiger partial charge in [-0.15, -0.1) is 0 Å². The Hall–Kier alpha value is -1.90. The summed E-state index contributed by atoms with van der Waals surface area (Å²) in [5.41, 5.74) is 2.51. The molecule has 1 saturated carbocycles. The molecule has 0 unspecified atom stereocenters. The highest BCUT2D eigenvalue weighted by atomic mass is 16.5. The Kier molecular flexibility index (Phi) is 8.98. The second-order valence-corrected chi connectivity index (χ2v) is 8.71. The molecule has 0 atom stereocenters. The number of rotatable bonds is 11. The number of benzene rings is 1. The molecule has 0 bridgehead atoms. The van der Waals surface area contributed by atoms with Crippen LogP contribution in [0.5, 0.6) is 5.75 Å². The van der Waals surface area contributed by atoms with Crippen molar-refractivity contribution in [2.75, 3.05) is 6.61 Å². The number of hydrogen-bond donors (Lipinski definition) is 0. The van der Waals surface area contributed by atoms with E-state index < -0.39 is 0 Å². The van der Waals surface area contributed by atoms with Crippen molar-refractivity contribution in [2.45, 2.75) is 84.5 Å². The van der Waals surface area contributed by atoms with E-state index >= 15 is 0 Å². The number of hydrogen-bond acceptors (Lipinski definition) is 3. The van der Waals surface area contributed by atoms with Crippen LogP contribution in [0.15, 0.2) is 36.7 Å². The standard InChI is InChI=1S/C26H38N2O/c1-3-5-6-18-29-25-19-27-26(28-20-25)24-16-14-23(15-17-24)13-12-22-10-8-21(7-4-2)9-11-22/h14-17,19-22H,3-13,18H2,1-2H3. The van der Waals surface area contributed by atoms with Crippen LogP contribution in [0.2, 0.25) is 0 Å². The Morgan fingerprint density at radius 1 is 0.828 bits per heavy atom. The summed E-state index contributed by atoms with van der Waals surface area (Å²) in [5, 5.41) is 0. The van der Waals surface area contributed by atoms with Gasteiger partial charge in [-0.2, -0.15) is 0 Å². The molecule has 0 amide bonds. The van der Waals surface area contributed by atoms with E-state index in [4.69, 9.17) is 4.74 Å². The molecule has 1 aliphatic rings. The minimum absolute atomic E-state index is 0.742. The summed E-state index contributed by atoms with van der Waals surface area (Å²) in [6.07, 6.45) is 18.1. The van der Waals surface area contributed by atoms with Crippen molar-refractivity contribution in [3.05, 3.63) is 42.2 Å². The van der Waals surface area contributed by atoms with Gasteiger partial charge >= 0.3 is 0 Å². The molecule has 1 heterocycles. The molecule has 2 aromatic rings. The van der Waals surface area contributed by atoms with Crippen LogP contribution in [0, 0.1) is 11.8 Å². The molecule has 1 fully saturated rings. The lowest BCUT2D eigenvalue weighted by Crippen LogP contribution is -2.15. The monoisotopic (exact) mass is 394 g/mol. The van der Waals surface area contributed by atoms with Crippen LogP contribution in [0.3, 0.4) is 0 Å². The second-order valence-electron chi connectivity index (χ2n) is 8.71. The predicted octanol–water partition coefficient (Wildman–Crippen LogP) is 7.25. The minimum atomic E-state index is 0.742. The third-order valence-corrected chi connectivity index (χ3v) is 6.36. The quantitative estimate of drug-likeness (QED) is 0.376. The first kappa shape index (κ1) is 21.8. The number of aryl methyl sites for hydroxylation is 1. The van der Waals surface area contributed by atoms with Crippen molar-refractivity contribution >= 4 is 0 Å². The Morgan fingerprint density at radius 3 is 2.10 bits per heavy atom. The third-order valence-electron chi connectivity index (χ3n) is 6.36. The highest BCUT2D eigenvalue weighted by Gasteiger charge is 2.20. The van der Waals surface area contributed by atoms with E-state index in [0.29, 0.717) is 0 Å². The van der Waals surface area contributed by atoms with Crippen molar-refractivity contribution < 1.29 is 4.74 Å². The third kappa shape index (κ3) is 7.13. The molecule has 1 aliphatic carbocycles. The van der Waals surface area contributed by atoms with Gasteiger partial charge in [0.15, 0.2) is 11.6 Å². The lowest BCUT2D eigenvalue weighted by atomic mass is 9.78. The summed E-state index contributed by atoms with van der Waals surface area (Å²) in [6, 6.07) is 8.81. The van der Waals surface area contributed by atoms with Crippen LogP contribution >= 0.6 is 0 Å². The van der Waals surface area contributed by atoms with Crippen molar-refractivity contribution in [3.63, 3.8) is 0 Å². The van der Waals surface area contributed by atoms with E-state index in [-0.39, 0.29) is 0 Å². The molecule has 3 heteroatoms. The van der Waals surface area contributed by atoms with Gasteiger partial charge < -0.3 is 4.74 Å². The highest BCUT2D eigenvalue weighted by Crippen LogP contribution is 2.33. The van der Waals surface area contributed by atoms with Gasteiger partial charge in [0.25, 0.3) is 0 Å². The molecule has 158 valence electrons. The maximum atomic E-state index is 5.70. The van der Waals surface area contributed by atoms with E-state index in [0.717, 1.165) is 42.0 Å². The SMILES string of the molecule is CCCCCOc1cnc(-c2ccc(CCC3CCC(CCC)CC3)cc2)nc1. The van der Waals surface area contributed by atoms with E-state index in [9.17, 15) is 0 Å². The van der Waals surface area contributed by atoms with Crippen molar-refractivity contribution in [1.82, 2.24) is 9.97 Å². The molecular formula is C26H38N2O. The fourth-order valence-corrected chi connectivity index (χ4v) is 4.49. The van der Waals surface area contributed by atoms with E-state index in [1.807, 2.05) is 0 Å². The van der Waals surface area contributed by atoms with Crippen LogP contribution in [0.25, 0.3) is 11.4 Å². The summed E-state index contributed by atoms with van der Waals surface area (Å²) in [5.74, 6) is 3.46. The molecule has 1 aromatic heterocycles. The summed E-state index contributed by atoms with van der Waals surface area (Å²) >= 11 is 0. The van der Waals surface area contributed by atoms with Crippen LogP contribution in [0.4, 0.5) is 0 Å². The molecule has 0 aliphatic heterocycles. The highest BCUT2D eigenvalue weighted by molar-refractivity contribution is 5.55. The van der Waals surface area contributed by atoms with Gasteiger partial charge in [-0.05, 0) is 36.7 Å². The van der Waals surface area contributed by atoms with Crippen LogP contribution in [0.1, 0.15) is 83.6 Å². The Balaban J connectivity index is 1.44. The maximum Gasteiger partial charge on any atom is 0.159 e. The minimum Gasteiger partial charge on any atom is -0.490 e. The van der Waals surface area contributed by atoms with Crippen LogP contribution < -0.4 is 4.74 Å². The molecule has 0 spiro atoms. The topological polar surface area (TPSA) is 35.0 Å². The first-order chi connectivity index (χ1) is 14.3. The summed E-state index contributed by atoms with van der Waals surface area (Å²) < 4.78 is 5.70. The molecule has 3 rings (SSSR count). The Bertz CT molecular complexity index is 688. The summed E-state index contributed by atoms with van der Waals surface area (Å²) in [7, 11) is 0.